The molecule has 1 fully saturated rings. The zero-order chi connectivity index (χ0) is 14.1. The molecule has 0 radical (unpaired) electrons. The number of hydrazone groups is 1. The summed E-state index contributed by atoms with van der Waals surface area (Å²) in [6.07, 6.45) is 5.47. The second kappa shape index (κ2) is 5.20. The van der Waals surface area contributed by atoms with Crippen LogP contribution in [0.3, 0.4) is 0 Å². The van der Waals surface area contributed by atoms with Crippen molar-refractivity contribution >= 4 is 23.5 Å². The zero-order valence-electron chi connectivity index (χ0n) is 11.5. The van der Waals surface area contributed by atoms with Gasteiger partial charge >= 0.3 is 0 Å². The van der Waals surface area contributed by atoms with Crippen LogP contribution >= 0.6 is 11.3 Å². The van der Waals surface area contributed by atoms with E-state index >= 15 is 0 Å². The highest BCUT2D eigenvalue weighted by Gasteiger charge is 2.29. The Balaban J connectivity index is 1.78. The lowest BCUT2D eigenvalue weighted by atomic mass is 10.3. The van der Waals surface area contributed by atoms with Gasteiger partial charge < -0.3 is 0 Å². The van der Waals surface area contributed by atoms with E-state index in [0.717, 1.165) is 34.9 Å². The van der Waals surface area contributed by atoms with E-state index in [1.54, 1.807) is 23.7 Å². The zero-order valence-corrected chi connectivity index (χ0v) is 12.3. The van der Waals surface area contributed by atoms with Crippen molar-refractivity contribution < 1.29 is 4.79 Å². The maximum absolute atomic E-state index is 11.5. The van der Waals surface area contributed by atoms with Gasteiger partial charge in [0.25, 0.3) is 0 Å². The molecular formula is C14H16N4OS. The van der Waals surface area contributed by atoms with Crippen molar-refractivity contribution in [1.29, 1.82) is 0 Å². The molecule has 2 aromatic heterocycles. The van der Waals surface area contributed by atoms with E-state index in [0.29, 0.717) is 0 Å². The Hall–Kier alpha value is -1.95. The van der Waals surface area contributed by atoms with E-state index in [-0.39, 0.29) is 11.8 Å². The average Bonchev–Trinajstić information content (AvgIpc) is 3.07. The summed E-state index contributed by atoms with van der Waals surface area (Å²) in [5.74, 6) is 0.199. The van der Waals surface area contributed by atoms with Crippen LogP contribution in [0.2, 0.25) is 0 Å². The number of nitrogens with zero attached hydrogens (tertiary/aromatic N) is 3. The minimum atomic E-state index is 0.0231. The Kier molecular flexibility index (Phi) is 3.40. The summed E-state index contributed by atoms with van der Waals surface area (Å²) >= 11 is 1.60. The molecule has 0 aliphatic heterocycles. The standard InChI is InChI=1S/C14H16N4OS/c1-9-7-12(8-16-17-13(19)11-3-4-11)10(2)18(9)14-15-5-6-20-14/h5-8,11H,3-4H2,1-2H3,(H,17,19)/b16-8-. The first-order chi connectivity index (χ1) is 9.66. The highest BCUT2D eigenvalue weighted by atomic mass is 32.1. The lowest BCUT2D eigenvalue weighted by molar-refractivity contribution is -0.122. The molecular weight excluding hydrogens is 272 g/mol. The van der Waals surface area contributed by atoms with Gasteiger partial charge in [0.2, 0.25) is 5.91 Å². The monoisotopic (exact) mass is 288 g/mol. The van der Waals surface area contributed by atoms with Gasteiger partial charge in [-0.1, -0.05) is 0 Å². The number of amides is 1. The van der Waals surface area contributed by atoms with E-state index in [9.17, 15) is 4.79 Å². The molecule has 0 spiro atoms. The van der Waals surface area contributed by atoms with Crippen LogP contribution in [-0.4, -0.2) is 21.7 Å². The fourth-order valence-corrected chi connectivity index (χ4v) is 2.89. The number of hydrogen-bond acceptors (Lipinski definition) is 4. The van der Waals surface area contributed by atoms with E-state index < -0.39 is 0 Å². The van der Waals surface area contributed by atoms with Gasteiger partial charge in [0.05, 0.1) is 6.21 Å². The van der Waals surface area contributed by atoms with Gasteiger partial charge in [-0.15, -0.1) is 11.3 Å². The molecule has 1 aliphatic carbocycles. The molecule has 3 rings (SSSR count). The van der Waals surface area contributed by atoms with E-state index in [1.807, 2.05) is 25.3 Å². The molecule has 20 heavy (non-hydrogen) atoms. The van der Waals surface area contributed by atoms with Crippen molar-refractivity contribution in [3.05, 3.63) is 34.6 Å². The van der Waals surface area contributed by atoms with Crippen molar-refractivity contribution in [3.8, 4) is 5.13 Å². The first kappa shape index (κ1) is 13.1. The second-order valence-electron chi connectivity index (χ2n) is 4.99. The van der Waals surface area contributed by atoms with Crippen LogP contribution < -0.4 is 5.43 Å². The van der Waals surface area contributed by atoms with Crippen molar-refractivity contribution in [1.82, 2.24) is 15.0 Å². The smallest absolute Gasteiger partial charge is 0.243 e. The number of rotatable bonds is 4. The van der Waals surface area contributed by atoms with Gasteiger partial charge in [0.1, 0.15) is 0 Å². The Morgan fingerprint density at radius 2 is 2.35 bits per heavy atom. The SMILES string of the molecule is Cc1cc(/C=N\NC(=O)C2CC2)c(C)n1-c1nccs1. The van der Waals surface area contributed by atoms with Crippen LogP contribution in [0.5, 0.6) is 0 Å². The molecule has 6 heteroatoms. The quantitative estimate of drug-likeness (QED) is 0.694. The minimum Gasteiger partial charge on any atom is -0.294 e. The number of hydrogen-bond donors (Lipinski definition) is 1. The highest BCUT2D eigenvalue weighted by molar-refractivity contribution is 7.12. The van der Waals surface area contributed by atoms with Crippen LogP contribution in [0.1, 0.15) is 29.8 Å². The summed E-state index contributed by atoms with van der Waals surface area (Å²) in [5.41, 5.74) is 5.76. The number of aryl methyl sites for hydroxylation is 1. The number of aromatic nitrogens is 2. The molecule has 0 unspecified atom stereocenters. The van der Waals surface area contributed by atoms with Crippen LogP contribution in [0.4, 0.5) is 0 Å². The second-order valence-corrected chi connectivity index (χ2v) is 5.86. The summed E-state index contributed by atoms with van der Waals surface area (Å²) in [4.78, 5) is 15.8. The maximum atomic E-state index is 11.5. The lowest BCUT2D eigenvalue weighted by Gasteiger charge is -2.04. The molecule has 104 valence electrons. The van der Waals surface area contributed by atoms with Gasteiger partial charge in [-0.25, -0.2) is 10.4 Å². The molecule has 0 atom stereocenters. The van der Waals surface area contributed by atoms with Crippen molar-refractivity contribution in [3.63, 3.8) is 0 Å². The predicted octanol–water partition coefficient (Wildman–Crippen LogP) is 2.41. The third-order valence-corrected chi connectivity index (χ3v) is 4.16. The van der Waals surface area contributed by atoms with Gasteiger partial charge in [-0.2, -0.15) is 5.10 Å². The first-order valence-electron chi connectivity index (χ1n) is 6.58. The van der Waals surface area contributed by atoms with Gasteiger partial charge in [-0.05, 0) is 32.8 Å². The summed E-state index contributed by atoms with van der Waals surface area (Å²) < 4.78 is 2.09. The van der Waals surface area contributed by atoms with Gasteiger partial charge in [-0.3, -0.25) is 9.36 Å². The predicted molar refractivity (Wildman–Crippen MR) is 79.4 cm³/mol. The molecule has 1 amide bonds. The molecule has 1 aliphatic rings. The van der Waals surface area contributed by atoms with Crippen molar-refractivity contribution in [2.75, 3.05) is 0 Å². The van der Waals surface area contributed by atoms with E-state index in [2.05, 4.69) is 20.1 Å². The van der Waals surface area contributed by atoms with Crippen LogP contribution in [0.15, 0.2) is 22.7 Å². The Morgan fingerprint density at radius 1 is 1.55 bits per heavy atom. The minimum absolute atomic E-state index is 0.0231. The average molecular weight is 288 g/mol. The fraction of sp³-hybridized carbons (Fsp3) is 0.357. The lowest BCUT2D eigenvalue weighted by Crippen LogP contribution is -2.19. The number of thiazole rings is 1. The Morgan fingerprint density at radius 3 is 3.00 bits per heavy atom. The van der Waals surface area contributed by atoms with Gasteiger partial charge in [0.15, 0.2) is 5.13 Å². The first-order valence-corrected chi connectivity index (χ1v) is 7.46. The highest BCUT2D eigenvalue weighted by Crippen LogP contribution is 2.28. The van der Waals surface area contributed by atoms with E-state index in [4.69, 9.17) is 0 Å². The third-order valence-electron chi connectivity index (χ3n) is 3.41. The number of nitrogens with one attached hydrogen (secondary N) is 1. The number of carbonyl (C=O) groups is 1. The Bertz CT molecular complexity index is 653. The van der Waals surface area contributed by atoms with Crippen LogP contribution in [0, 0.1) is 19.8 Å². The molecule has 2 heterocycles. The summed E-state index contributed by atoms with van der Waals surface area (Å²) in [5, 5.41) is 6.95. The normalized spacial score (nSPS) is 14.9. The third kappa shape index (κ3) is 2.51. The van der Waals surface area contributed by atoms with Gasteiger partial charge in [0, 0.05) is 34.4 Å². The fourth-order valence-electron chi connectivity index (χ4n) is 2.14. The van der Waals surface area contributed by atoms with Crippen LogP contribution in [0.25, 0.3) is 5.13 Å². The molecule has 1 N–H and O–H groups in total. The summed E-state index contributed by atoms with van der Waals surface area (Å²) in [6.45, 7) is 4.06. The molecule has 5 nitrogen and oxygen atoms in total. The molecule has 0 saturated heterocycles. The molecule has 2 aromatic rings. The maximum Gasteiger partial charge on any atom is 0.243 e. The number of carbonyl (C=O) groups excluding carboxylic acids is 1. The Labute approximate surface area is 121 Å². The largest absolute Gasteiger partial charge is 0.294 e. The molecule has 0 aromatic carbocycles. The summed E-state index contributed by atoms with van der Waals surface area (Å²) in [7, 11) is 0. The van der Waals surface area contributed by atoms with Crippen molar-refractivity contribution in [2.24, 2.45) is 11.0 Å². The van der Waals surface area contributed by atoms with Crippen molar-refractivity contribution in [2.45, 2.75) is 26.7 Å². The van der Waals surface area contributed by atoms with Crippen LogP contribution in [-0.2, 0) is 4.79 Å². The molecule has 1 saturated carbocycles. The topological polar surface area (TPSA) is 59.3 Å². The molecule has 0 bridgehead atoms. The summed E-state index contributed by atoms with van der Waals surface area (Å²) in [6, 6.07) is 2.05. The van der Waals surface area contributed by atoms with E-state index in [1.165, 1.54) is 0 Å².